The molecule has 1 saturated heterocycles. The standard InChI is InChI=1S/C14H24N4/c1-4-11-8-7-9-18(11)14-12(5-2)13(15-6-3)16-10-17-14/h10-11H,4-9H2,1-3H3,(H,15,16,17). The zero-order valence-electron chi connectivity index (χ0n) is 11.7. The van der Waals surface area contributed by atoms with E-state index in [1.807, 2.05) is 0 Å². The highest BCUT2D eigenvalue weighted by Crippen LogP contribution is 2.31. The summed E-state index contributed by atoms with van der Waals surface area (Å²) in [6, 6.07) is 0.652. The fraction of sp³-hybridized carbons (Fsp3) is 0.714. The summed E-state index contributed by atoms with van der Waals surface area (Å²) in [6.45, 7) is 8.59. The lowest BCUT2D eigenvalue weighted by Gasteiger charge is -2.27. The Hall–Kier alpha value is -1.32. The molecule has 1 atom stereocenters. The Kier molecular flexibility index (Phi) is 4.39. The first-order chi connectivity index (χ1) is 8.81. The largest absolute Gasteiger partial charge is 0.370 e. The molecule has 18 heavy (non-hydrogen) atoms. The van der Waals surface area contributed by atoms with Crippen LogP contribution in [-0.4, -0.2) is 29.1 Å². The van der Waals surface area contributed by atoms with Crippen LogP contribution in [0.4, 0.5) is 11.6 Å². The maximum absolute atomic E-state index is 4.55. The smallest absolute Gasteiger partial charge is 0.137 e. The lowest BCUT2D eigenvalue weighted by Crippen LogP contribution is -2.30. The van der Waals surface area contributed by atoms with Crippen molar-refractivity contribution in [3.63, 3.8) is 0 Å². The summed E-state index contributed by atoms with van der Waals surface area (Å²) in [5.74, 6) is 2.15. The zero-order chi connectivity index (χ0) is 13.0. The zero-order valence-corrected chi connectivity index (χ0v) is 11.7. The van der Waals surface area contributed by atoms with E-state index in [2.05, 4.69) is 41.0 Å². The van der Waals surface area contributed by atoms with E-state index in [9.17, 15) is 0 Å². The van der Waals surface area contributed by atoms with Crippen LogP contribution in [0.15, 0.2) is 6.33 Å². The van der Waals surface area contributed by atoms with Crippen LogP contribution < -0.4 is 10.2 Å². The Labute approximate surface area is 110 Å². The van der Waals surface area contributed by atoms with Gasteiger partial charge in [-0.2, -0.15) is 0 Å². The van der Waals surface area contributed by atoms with E-state index in [1.54, 1.807) is 6.33 Å². The van der Waals surface area contributed by atoms with Crippen molar-refractivity contribution >= 4 is 11.6 Å². The van der Waals surface area contributed by atoms with Crippen molar-refractivity contribution in [2.24, 2.45) is 0 Å². The molecule has 1 N–H and O–H groups in total. The molecule has 4 heteroatoms. The summed E-state index contributed by atoms with van der Waals surface area (Å²) < 4.78 is 0. The first-order valence-corrected chi connectivity index (χ1v) is 7.16. The van der Waals surface area contributed by atoms with Crippen LogP contribution in [0.25, 0.3) is 0 Å². The molecule has 0 spiro atoms. The van der Waals surface area contributed by atoms with Crippen LogP contribution in [0.1, 0.15) is 45.6 Å². The minimum absolute atomic E-state index is 0.652. The van der Waals surface area contributed by atoms with Crippen molar-refractivity contribution in [1.29, 1.82) is 0 Å². The van der Waals surface area contributed by atoms with Gasteiger partial charge in [-0.1, -0.05) is 13.8 Å². The van der Waals surface area contributed by atoms with Crippen LogP contribution >= 0.6 is 0 Å². The second kappa shape index (κ2) is 6.03. The van der Waals surface area contributed by atoms with Crippen molar-refractivity contribution in [3.05, 3.63) is 11.9 Å². The van der Waals surface area contributed by atoms with Gasteiger partial charge in [0.25, 0.3) is 0 Å². The molecule has 1 fully saturated rings. The quantitative estimate of drug-likeness (QED) is 0.870. The molecule has 0 amide bonds. The fourth-order valence-corrected chi connectivity index (χ4v) is 2.83. The molecule has 100 valence electrons. The molecule has 2 rings (SSSR count). The highest BCUT2D eigenvalue weighted by atomic mass is 15.2. The average molecular weight is 248 g/mol. The summed E-state index contributed by atoms with van der Waals surface area (Å²) >= 11 is 0. The van der Waals surface area contributed by atoms with Crippen LogP contribution in [0, 0.1) is 0 Å². The van der Waals surface area contributed by atoms with Gasteiger partial charge in [0.2, 0.25) is 0 Å². The van der Waals surface area contributed by atoms with Gasteiger partial charge in [-0.3, -0.25) is 0 Å². The monoisotopic (exact) mass is 248 g/mol. The summed E-state index contributed by atoms with van der Waals surface area (Å²) in [4.78, 5) is 11.4. The van der Waals surface area contributed by atoms with Crippen LogP contribution in [0.3, 0.4) is 0 Å². The Morgan fingerprint density at radius 3 is 2.83 bits per heavy atom. The lowest BCUT2D eigenvalue weighted by molar-refractivity contribution is 0.638. The maximum Gasteiger partial charge on any atom is 0.137 e. The lowest BCUT2D eigenvalue weighted by atomic mass is 10.1. The summed E-state index contributed by atoms with van der Waals surface area (Å²) in [5.41, 5.74) is 1.26. The molecule has 1 unspecified atom stereocenters. The third-order valence-corrected chi connectivity index (χ3v) is 3.74. The number of rotatable bonds is 5. The van der Waals surface area contributed by atoms with Gasteiger partial charge in [-0.05, 0) is 32.6 Å². The van der Waals surface area contributed by atoms with Crippen molar-refractivity contribution in [1.82, 2.24) is 9.97 Å². The fourth-order valence-electron chi connectivity index (χ4n) is 2.83. The molecule has 1 aromatic rings. The van der Waals surface area contributed by atoms with Gasteiger partial charge >= 0.3 is 0 Å². The number of hydrogen-bond acceptors (Lipinski definition) is 4. The predicted octanol–water partition coefficient (Wildman–Crippen LogP) is 2.85. The molecule has 1 aliphatic rings. The van der Waals surface area contributed by atoms with Gasteiger partial charge in [0, 0.05) is 24.7 Å². The van der Waals surface area contributed by atoms with E-state index in [0.717, 1.165) is 31.1 Å². The van der Waals surface area contributed by atoms with Crippen molar-refractivity contribution in [2.45, 2.75) is 52.5 Å². The highest BCUT2D eigenvalue weighted by Gasteiger charge is 2.26. The Morgan fingerprint density at radius 2 is 2.17 bits per heavy atom. The van der Waals surface area contributed by atoms with Gasteiger partial charge in [0.15, 0.2) is 0 Å². The highest BCUT2D eigenvalue weighted by molar-refractivity contribution is 5.59. The number of hydrogen-bond donors (Lipinski definition) is 1. The molecule has 4 nitrogen and oxygen atoms in total. The third kappa shape index (κ3) is 2.42. The van der Waals surface area contributed by atoms with Crippen molar-refractivity contribution in [2.75, 3.05) is 23.3 Å². The molecule has 1 aliphatic heterocycles. The number of anilines is 2. The molecule has 0 aliphatic carbocycles. The molecular weight excluding hydrogens is 224 g/mol. The number of nitrogens with zero attached hydrogens (tertiary/aromatic N) is 3. The molecule has 2 heterocycles. The van der Waals surface area contributed by atoms with Gasteiger partial charge in [-0.25, -0.2) is 9.97 Å². The van der Waals surface area contributed by atoms with Crippen LogP contribution in [-0.2, 0) is 6.42 Å². The second-order valence-corrected chi connectivity index (χ2v) is 4.81. The second-order valence-electron chi connectivity index (χ2n) is 4.81. The van der Waals surface area contributed by atoms with E-state index < -0.39 is 0 Å². The Bertz CT molecular complexity index is 391. The maximum atomic E-state index is 4.55. The van der Waals surface area contributed by atoms with Gasteiger partial charge in [0.05, 0.1) is 0 Å². The SMILES string of the molecule is CCNc1ncnc(N2CCCC2CC)c1CC. The van der Waals surface area contributed by atoms with E-state index in [1.165, 1.54) is 24.8 Å². The van der Waals surface area contributed by atoms with Gasteiger partial charge in [-0.15, -0.1) is 0 Å². The topological polar surface area (TPSA) is 41.1 Å². The summed E-state index contributed by atoms with van der Waals surface area (Å²) in [6.07, 6.45) is 6.44. The number of aromatic nitrogens is 2. The van der Waals surface area contributed by atoms with Gasteiger partial charge in [0.1, 0.15) is 18.0 Å². The van der Waals surface area contributed by atoms with Gasteiger partial charge < -0.3 is 10.2 Å². The molecule has 0 saturated carbocycles. The summed E-state index contributed by atoms with van der Waals surface area (Å²) in [5, 5.41) is 3.35. The minimum atomic E-state index is 0.652. The van der Waals surface area contributed by atoms with E-state index in [0.29, 0.717) is 6.04 Å². The van der Waals surface area contributed by atoms with Crippen LogP contribution in [0.2, 0.25) is 0 Å². The molecular formula is C14H24N4. The summed E-state index contributed by atoms with van der Waals surface area (Å²) in [7, 11) is 0. The first-order valence-electron chi connectivity index (χ1n) is 7.16. The predicted molar refractivity (Wildman–Crippen MR) is 76.2 cm³/mol. The Balaban J connectivity index is 2.34. The Morgan fingerprint density at radius 1 is 1.33 bits per heavy atom. The van der Waals surface area contributed by atoms with Crippen LogP contribution in [0.5, 0.6) is 0 Å². The minimum Gasteiger partial charge on any atom is -0.370 e. The van der Waals surface area contributed by atoms with Crippen molar-refractivity contribution < 1.29 is 0 Å². The number of nitrogens with one attached hydrogen (secondary N) is 1. The molecule has 0 aromatic carbocycles. The first kappa shape index (κ1) is 13.1. The van der Waals surface area contributed by atoms with Crippen molar-refractivity contribution in [3.8, 4) is 0 Å². The van der Waals surface area contributed by atoms with E-state index >= 15 is 0 Å². The average Bonchev–Trinajstić information content (AvgIpc) is 2.87. The molecule has 1 aromatic heterocycles. The third-order valence-electron chi connectivity index (χ3n) is 3.74. The molecule has 0 radical (unpaired) electrons. The van der Waals surface area contributed by atoms with E-state index in [4.69, 9.17) is 0 Å². The normalized spacial score (nSPS) is 19.3. The molecule has 0 bridgehead atoms. The van der Waals surface area contributed by atoms with E-state index in [-0.39, 0.29) is 0 Å².